The lowest BCUT2D eigenvalue weighted by Crippen LogP contribution is -2.13. The SMILES string of the molecule is COC(=O)c1c(N)c(C#N)cn1-c1ccc(S(=O)(=O)Nc2cccs2)cc1. The number of aromatic nitrogens is 1. The summed E-state index contributed by atoms with van der Waals surface area (Å²) in [5.74, 6) is -0.704. The van der Waals surface area contributed by atoms with Crippen LogP contribution < -0.4 is 10.5 Å². The Morgan fingerprint density at radius 1 is 1.30 bits per heavy atom. The van der Waals surface area contributed by atoms with Crippen molar-refractivity contribution in [3.63, 3.8) is 0 Å². The lowest BCUT2D eigenvalue weighted by Gasteiger charge is -2.10. The summed E-state index contributed by atoms with van der Waals surface area (Å²) in [4.78, 5) is 12.1. The summed E-state index contributed by atoms with van der Waals surface area (Å²) in [6, 6.07) is 11.1. The first-order chi connectivity index (χ1) is 12.9. The maximum Gasteiger partial charge on any atom is 0.357 e. The summed E-state index contributed by atoms with van der Waals surface area (Å²) in [5, 5.41) is 11.4. The monoisotopic (exact) mass is 402 g/mol. The minimum atomic E-state index is -3.74. The fraction of sp³-hybridized carbons (Fsp3) is 0.0588. The fourth-order valence-corrected chi connectivity index (χ4v) is 4.36. The van der Waals surface area contributed by atoms with E-state index >= 15 is 0 Å². The zero-order valence-corrected chi connectivity index (χ0v) is 15.7. The summed E-state index contributed by atoms with van der Waals surface area (Å²) in [5.41, 5.74) is 6.43. The number of nitrogens with two attached hydrogens (primary N) is 1. The Labute approximate surface area is 159 Å². The van der Waals surface area contributed by atoms with E-state index in [1.807, 2.05) is 6.07 Å². The number of carbonyl (C=O) groups is 1. The average Bonchev–Trinajstić information content (AvgIpc) is 3.28. The van der Waals surface area contributed by atoms with E-state index in [2.05, 4.69) is 4.72 Å². The van der Waals surface area contributed by atoms with Crippen LogP contribution in [0.2, 0.25) is 0 Å². The van der Waals surface area contributed by atoms with E-state index in [1.54, 1.807) is 17.5 Å². The second-order valence-corrected chi connectivity index (χ2v) is 7.99. The summed E-state index contributed by atoms with van der Waals surface area (Å²) in [6.45, 7) is 0. The first kappa shape index (κ1) is 18.5. The van der Waals surface area contributed by atoms with Gasteiger partial charge in [0.1, 0.15) is 11.1 Å². The van der Waals surface area contributed by atoms with E-state index in [4.69, 9.17) is 15.7 Å². The largest absolute Gasteiger partial charge is 0.464 e. The number of esters is 1. The third-order valence-electron chi connectivity index (χ3n) is 3.72. The predicted octanol–water partition coefficient (Wildman–Crippen LogP) is 2.58. The van der Waals surface area contributed by atoms with Crippen LogP contribution in [0.4, 0.5) is 10.7 Å². The van der Waals surface area contributed by atoms with Gasteiger partial charge >= 0.3 is 5.97 Å². The first-order valence-corrected chi connectivity index (χ1v) is 9.89. The summed E-state index contributed by atoms with van der Waals surface area (Å²) >= 11 is 1.27. The molecule has 1 aromatic carbocycles. The second-order valence-electron chi connectivity index (χ2n) is 5.36. The van der Waals surface area contributed by atoms with Crippen LogP contribution in [0.15, 0.2) is 52.9 Å². The molecule has 138 valence electrons. The van der Waals surface area contributed by atoms with Crippen LogP contribution in [0.25, 0.3) is 5.69 Å². The smallest absolute Gasteiger partial charge is 0.357 e. The number of rotatable bonds is 5. The van der Waals surface area contributed by atoms with E-state index < -0.39 is 16.0 Å². The van der Waals surface area contributed by atoms with Gasteiger partial charge in [-0.25, -0.2) is 13.2 Å². The standard InChI is InChI=1S/C17H14N4O4S2/c1-25-17(22)16-15(19)11(9-18)10-21(16)12-4-6-13(7-5-12)27(23,24)20-14-3-2-8-26-14/h2-8,10,20H,19H2,1H3. The fourth-order valence-electron chi connectivity index (χ4n) is 2.43. The molecule has 0 aliphatic rings. The maximum atomic E-state index is 12.4. The van der Waals surface area contributed by atoms with Gasteiger partial charge in [0.15, 0.2) is 5.69 Å². The number of methoxy groups -OCH3 is 1. The highest BCUT2D eigenvalue weighted by molar-refractivity contribution is 7.93. The van der Waals surface area contributed by atoms with Crippen molar-refractivity contribution in [3.05, 3.63) is 59.2 Å². The second kappa shape index (κ2) is 7.14. The molecule has 0 spiro atoms. The summed E-state index contributed by atoms with van der Waals surface area (Å²) in [7, 11) is -2.53. The number of nitrogens with one attached hydrogen (secondary N) is 1. The molecule has 3 N–H and O–H groups in total. The zero-order valence-electron chi connectivity index (χ0n) is 14.0. The van der Waals surface area contributed by atoms with Gasteiger partial charge in [0.2, 0.25) is 0 Å². The molecular formula is C17H14N4O4S2. The van der Waals surface area contributed by atoms with Crippen molar-refractivity contribution in [1.29, 1.82) is 5.26 Å². The number of nitriles is 1. The Kier molecular flexibility index (Phi) is 4.89. The number of nitrogens with zero attached hydrogens (tertiary/aromatic N) is 2. The number of sulfonamides is 1. The number of thiophene rings is 1. The van der Waals surface area contributed by atoms with Gasteiger partial charge in [0.25, 0.3) is 10.0 Å². The van der Waals surface area contributed by atoms with E-state index in [1.165, 1.54) is 53.5 Å². The van der Waals surface area contributed by atoms with Gasteiger partial charge in [0.05, 0.1) is 23.3 Å². The molecule has 0 unspecified atom stereocenters. The van der Waals surface area contributed by atoms with E-state index in [9.17, 15) is 13.2 Å². The number of benzene rings is 1. The lowest BCUT2D eigenvalue weighted by atomic mass is 10.2. The van der Waals surface area contributed by atoms with Crippen LogP contribution in [0.5, 0.6) is 0 Å². The predicted molar refractivity (Wildman–Crippen MR) is 101 cm³/mol. The first-order valence-electron chi connectivity index (χ1n) is 7.53. The molecular weight excluding hydrogens is 388 g/mol. The lowest BCUT2D eigenvalue weighted by molar-refractivity contribution is 0.0593. The average molecular weight is 402 g/mol. The molecule has 2 aromatic heterocycles. The number of ether oxygens (including phenoxy) is 1. The molecule has 2 heterocycles. The van der Waals surface area contributed by atoms with Crippen LogP contribution in [-0.4, -0.2) is 26.1 Å². The topological polar surface area (TPSA) is 127 Å². The normalized spacial score (nSPS) is 11.0. The van der Waals surface area contributed by atoms with Gasteiger partial charge in [-0.2, -0.15) is 5.26 Å². The van der Waals surface area contributed by atoms with Gasteiger partial charge in [-0.1, -0.05) is 0 Å². The van der Waals surface area contributed by atoms with Crippen LogP contribution in [0, 0.1) is 11.3 Å². The Bertz CT molecular complexity index is 1130. The number of nitrogen functional groups attached to an aromatic ring is 1. The number of hydrogen-bond acceptors (Lipinski definition) is 7. The number of anilines is 2. The molecule has 0 amide bonds. The van der Waals surface area contributed by atoms with Gasteiger partial charge in [0, 0.05) is 11.9 Å². The van der Waals surface area contributed by atoms with Crippen molar-refractivity contribution in [2.75, 3.05) is 17.6 Å². The molecule has 3 rings (SSSR count). The summed E-state index contributed by atoms with van der Waals surface area (Å²) < 4.78 is 33.4. The molecule has 0 atom stereocenters. The van der Waals surface area contributed by atoms with Crippen molar-refractivity contribution in [1.82, 2.24) is 4.57 Å². The van der Waals surface area contributed by atoms with Gasteiger partial charge in [-0.15, -0.1) is 11.3 Å². The van der Waals surface area contributed by atoms with E-state index in [0.717, 1.165) is 0 Å². The number of hydrogen-bond donors (Lipinski definition) is 2. The number of carbonyl (C=O) groups excluding carboxylic acids is 1. The molecule has 0 aliphatic heterocycles. The minimum Gasteiger partial charge on any atom is -0.464 e. The maximum absolute atomic E-state index is 12.4. The molecule has 0 bridgehead atoms. The molecule has 8 nitrogen and oxygen atoms in total. The quantitative estimate of drug-likeness (QED) is 0.632. The highest BCUT2D eigenvalue weighted by Gasteiger charge is 2.22. The Morgan fingerprint density at radius 3 is 2.56 bits per heavy atom. The Balaban J connectivity index is 1.99. The van der Waals surface area contributed by atoms with E-state index in [0.29, 0.717) is 10.7 Å². The summed E-state index contributed by atoms with van der Waals surface area (Å²) in [6.07, 6.45) is 1.40. The van der Waals surface area contributed by atoms with Crippen LogP contribution in [0.3, 0.4) is 0 Å². The van der Waals surface area contributed by atoms with Crippen molar-refractivity contribution in [2.24, 2.45) is 0 Å². The molecule has 0 aliphatic carbocycles. The van der Waals surface area contributed by atoms with Gasteiger partial charge in [-0.3, -0.25) is 4.72 Å². The molecule has 10 heteroatoms. The van der Waals surface area contributed by atoms with Crippen LogP contribution in [0.1, 0.15) is 16.1 Å². The van der Waals surface area contributed by atoms with Crippen LogP contribution >= 0.6 is 11.3 Å². The van der Waals surface area contributed by atoms with Crippen molar-refractivity contribution < 1.29 is 17.9 Å². The van der Waals surface area contributed by atoms with Crippen LogP contribution in [-0.2, 0) is 14.8 Å². The molecule has 0 saturated heterocycles. The molecule has 3 aromatic rings. The Hall–Kier alpha value is -3.29. The zero-order chi connectivity index (χ0) is 19.6. The molecule has 27 heavy (non-hydrogen) atoms. The third kappa shape index (κ3) is 3.51. The minimum absolute atomic E-state index is 0.000380. The Morgan fingerprint density at radius 2 is 2.00 bits per heavy atom. The highest BCUT2D eigenvalue weighted by Crippen LogP contribution is 2.26. The molecule has 0 fully saturated rings. The van der Waals surface area contributed by atoms with Gasteiger partial charge in [-0.05, 0) is 41.8 Å². The van der Waals surface area contributed by atoms with Crippen molar-refractivity contribution >= 4 is 38.0 Å². The molecule has 0 saturated carbocycles. The third-order valence-corrected chi connectivity index (χ3v) is 6.02. The van der Waals surface area contributed by atoms with E-state index in [-0.39, 0.29) is 21.8 Å². The van der Waals surface area contributed by atoms with Crippen molar-refractivity contribution in [3.8, 4) is 11.8 Å². The van der Waals surface area contributed by atoms with Gasteiger partial charge < -0.3 is 15.0 Å². The molecule has 0 radical (unpaired) electrons. The highest BCUT2D eigenvalue weighted by atomic mass is 32.2. The van der Waals surface area contributed by atoms with Crippen molar-refractivity contribution in [2.45, 2.75) is 4.90 Å².